The molecule has 6 heavy (non-hydrogen) atoms. The van der Waals surface area contributed by atoms with Gasteiger partial charge in [-0.25, -0.2) is 4.42 Å². The van der Waals surface area contributed by atoms with Crippen LogP contribution < -0.4 is 0 Å². The van der Waals surface area contributed by atoms with Crippen LogP contribution in [0.3, 0.4) is 0 Å². The monoisotopic (exact) mass is 80.0 g/mol. The molecule has 1 aromatic rings. The molecule has 0 bridgehead atoms. The molecule has 1 rings (SSSR count). The molecule has 0 spiro atoms. The second-order valence-corrected chi connectivity index (χ2v) is 0.923. The maximum atomic E-state index is 4.55. The van der Waals surface area contributed by atoms with E-state index in [1.165, 1.54) is 0 Å². The first kappa shape index (κ1) is 3.34. The Bertz CT molecular complexity index is 75.9. The van der Waals surface area contributed by atoms with Gasteiger partial charge in [0.25, 0.3) is 0 Å². The largest absolute Gasteiger partial charge is 0.455 e. The Balaban J connectivity index is 3.00. The fourth-order valence-electron chi connectivity index (χ4n) is 0.258. The summed E-state index contributed by atoms with van der Waals surface area (Å²) in [6, 6.07) is 5.36. The highest BCUT2D eigenvalue weighted by Gasteiger charge is 1.76. The fraction of sp³-hybridized carbons (Fsp3) is 0. The van der Waals surface area contributed by atoms with Gasteiger partial charge in [-0.3, -0.25) is 0 Å². The normalized spacial score (nSPS) is 8.00. The van der Waals surface area contributed by atoms with E-state index in [-0.39, 0.29) is 0 Å². The smallest absolute Gasteiger partial charge is 0.206 e. The zero-order chi connectivity index (χ0) is 4.24. The summed E-state index contributed by atoms with van der Waals surface area (Å²) >= 11 is 0. The lowest BCUT2D eigenvalue weighted by molar-refractivity contribution is 0.541. The van der Waals surface area contributed by atoms with E-state index in [4.69, 9.17) is 0 Å². The van der Waals surface area contributed by atoms with Crippen LogP contribution in [0.2, 0.25) is 0 Å². The van der Waals surface area contributed by atoms with Crippen molar-refractivity contribution in [3.05, 3.63) is 30.7 Å². The third kappa shape index (κ3) is 0.549. The Morgan fingerprint density at radius 2 is 2.33 bits per heavy atom. The molecule has 0 saturated heterocycles. The average Bonchev–Trinajstić information content (AvgIpc) is 1.72. The van der Waals surface area contributed by atoms with Crippen LogP contribution in [-0.4, -0.2) is 0 Å². The van der Waals surface area contributed by atoms with Crippen molar-refractivity contribution in [2.75, 3.05) is 0 Å². The lowest BCUT2D eigenvalue weighted by atomic mass is 10.6. The van der Waals surface area contributed by atoms with Crippen LogP contribution in [0, 0.1) is 6.26 Å². The molecule has 0 aliphatic rings. The quantitative estimate of drug-likeness (QED) is 0.428. The van der Waals surface area contributed by atoms with E-state index >= 15 is 0 Å². The Labute approximate surface area is 36.2 Å². The van der Waals surface area contributed by atoms with Gasteiger partial charge in [0.2, 0.25) is 0 Å². The summed E-state index contributed by atoms with van der Waals surface area (Å²) in [7, 11) is 0. The van der Waals surface area contributed by atoms with Gasteiger partial charge in [0, 0.05) is 6.07 Å². The highest BCUT2D eigenvalue weighted by molar-refractivity contribution is 4.83. The molecule has 1 aromatic heterocycles. The van der Waals surface area contributed by atoms with Crippen LogP contribution in [0.1, 0.15) is 0 Å². The molecule has 29 valence electrons. The van der Waals surface area contributed by atoms with Crippen LogP contribution in [0.25, 0.3) is 0 Å². The summed E-state index contributed by atoms with van der Waals surface area (Å²) in [5.74, 6) is 0. The van der Waals surface area contributed by atoms with Gasteiger partial charge in [0.05, 0.1) is 6.07 Å². The molecule has 1 heterocycles. The summed E-state index contributed by atoms with van der Waals surface area (Å²) in [6.45, 7) is 0. The van der Waals surface area contributed by atoms with Gasteiger partial charge in [-0.05, 0) is 6.07 Å². The van der Waals surface area contributed by atoms with Crippen molar-refractivity contribution in [1.29, 1.82) is 0 Å². The Hall–Kier alpha value is -0.850. The van der Waals surface area contributed by atoms with Crippen molar-refractivity contribution in [2.45, 2.75) is 0 Å². The molecule has 0 fully saturated rings. The van der Waals surface area contributed by atoms with Crippen molar-refractivity contribution in [3.8, 4) is 0 Å². The van der Waals surface area contributed by atoms with Crippen molar-refractivity contribution in [1.82, 2.24) is 0 Å². The van der Waals surface area contributed by atoms with Crippen molar-refractivity contribution < 1.29 is 4.42 Å². The maximum Gasteiger partial charge on any atom is 0.455 e. The van der Waals surface area contributed by atoms with E-state index < -0.39 is 0 Å². The van der Waals surface area contributed by atoms with Gasteiger partial charge in [-0.15, -0.1) is 0 Å². The number of hydrogen-bond donors (Lipinski definition) is 0. The minimum absolute atomic E-state index is 1.57. The Kier molecular flexibility index (Phi) is 0.865. The van der Waals surface area contributed by atoms with Crippen molar-refractivity contribution in [3.63, 3.8) is 0 Å². The molecule has 0 amide bonds. The van der Waals surface area contributed by atoms with Gasteiger partial charge in [-0.1, -0.05) is 0 Å². The predicted octanol–water partition coefficient (Wildman–Crippen LogP) is 1.36. The maximum absolute atomic E-state index is 4.55. The molecule has 1 radical (unpaired) electrons. The lowest BCUT2D eigenvalue weighted by Gasteiger charge is -1.55. The number of rotatable bonds is 0. The number of hydrogen-bond acceptors (Lipinski definition) is 0. The molecule has 0 saturated carbocycles. The zero-order valence-corrected chi connectivity index (χ0v) is 3.22. The lowest BCUT2D eigenvalue weighted by Crippen LogP contribution is -1.49. The summed E-state index contributed by atoms with van der Waals surface area (Å²) < 4.78 is 4.55. The molecule has 0 N–H and O–H groups in total. The van der Waals surface area contributed by atoms with Crippen molar-refractivity contribution in [2.24, 2.45) is 0 Å². The summed E-state index contributed by atoms with van der Waals surface area (Å²) in [6.07, 6.45) is 4.09. The molecule has 0 unspecified atom stereocenters. The van der Waals surface area contributed by atoms with E-state index in [0.717, 1.165) is 0 Å². The van der Waals surface area contributed by atoms with Gasteiger partial charge in [0.1, 0.15) is 0 Å². The van der Waals surface area contributed by atoms with Crippen LogP contribution >= 0.6 is 0 Å². The first-order valence-corrected chi connectivity index (χ1v) is 1.73. The molecular formula is C5H4O+. The van der Waals surface area contributed by atoms with Crippen LogP contribution in [0.4, 0.5) is 0 Å². The molecule has 0 aliphatic carbocycles. The summed E-state index contributed by atoms with van der Waals surface area (Å²) in [4.78, 5) is 0. The second-order valence-electron chi connectivity index (χ2n) is 0.923. The molecule has 0 aliphatic heterocycles. The van der Waals surface area contributed by atoms with E-state index in [1.807, 2.05) is 6.07 Å². The SMILES string of the molecule is [c]1cccc[o+]1. The van der Waals surface area contributed by atoms with E-state index in [9.17, 15) is 0 Å². The van der Waals surface area contributed by atoms with E-state index in [2.05, 4.69) is 10.7 Å². The zero-order valence-electron chi connectivity index (χ0n) is 3.22. The Morgan fingerprint density at radius 1 is 1.33 bits per heavy atom. The fourth-order valence-corrected chi connectivity index (χ4v) is 0.258. The highest BCUT2D eigenvalue weighted by atomic mass is 16.3. The average molecular weight is 80.1 g/mol. The van der Waals surface area contributed by atoms with Gasteiger partial charge in [0.15, 0.2) is 0 Å². The molecule has 1 nitrogen and oxygen atoms in total. The van der Waals surface area contributed by atoms with E-state index in [0.29, 0.717) is 0 Å². The second kappa shape index (κ2) is 1.55. The summed E-state index contributed by atoms with van der Waals surface area (Å²) in [5, 5.41) is 0. The topological polar surface area (TPSA) is 11.3 Å². The third-order valence-electron chi connectivity index (χ3n) is 0.490. The first-order valence-electron chi connectivity index (χ1n) is 1.73. The predicted molar refractivity (Wildman–Crippen MR) is 22.0 cm³/mol. The molecule has 0 aromatic carbocycles. The Morgan fingerprint density at radius 3 is 2.50 bits per heavy atom. The van der Waals surface area contributed by atoms with Crippen LogP contribution in [0.5, 0.6) is 0 Å². The highest BCUT2D eigenvalue weighted by Crippen LogP contribution is 1.78. The van der Waals surface area contributed by atoms with Crippen molar-refractivity contribution >= 4 is 0 Å². The standard InChI is InChI=1S/C5H4O/c1-2-4-6-5-3-1/h1-4H/q+1. The van der Waals surface area contributed by atoms with Gasteiger partial charge < -0.3 is 0 Å². The summed E-state index contributed by atoms with van der Waals surface area (Å²) in [5.41, 5.74) is 0. The van der Waals surface area contributed by atoms with Crippen LogP contribution in [0.15, 0.2) is 28.9 Å². The molecule has 0 atom stereocenters. The minimum Gasteiger partial charge on any atom is -0.206 e. The third-order valence-corrected chi connectivity index (χ3v) is 0.490. The minimum atomic E-state index is 1.57. The van der Waals surface area contributed by atoms with Gasteiger partial charge in [-0.2, -0.15) is 0 Å². The van der Waals surface area contributed by atoms with Crippen LogP contribution in [-0.2, 0) is 0 Å². The first-order chi connectivity index (χ1) is 3.00. The van der Waals surface area contributed by atoms with Gasteiger partial charge >= 0.3 is 12.5 Å². The molecular weight excluding hydrogens is 76.1 g/mol. The molecule has 1 heteroatoms. The van der Waals surface area contributed by atoms with E-state index in [1.54, 1.807) is 18.4 Å².